The first-order chi connectivity index (χ1) is 38.2. The molecule has 1 saturated heterocycles. The van der Waals surface area contributed by atoms with Crippen molar-refractivity contribution in [3.63, 3.8) is 0 Å². The quantitative estimate of drug-likeness (QED) is 0.0147. The van der Waals surface area contributed by atoms with Gasteiger partial charge in [0.25, 0.3) is 5.91 Å². The maximum Gasteiger partial charge on any atom is 0.460 e. The summed E-state index contributed by atoms with van der Waals surface area (Å²) in [5, 5.41) is 15.5. The summed E-state index contributed by atoms with van der Waals surface area (Å²) in [6, 6.07) is 5.00. The van der Waals surface area contributed by atoms with Crippen LogP contribution < -0.4 is 5.32 Å². The zero-order valence-corrected chi connectivity index (χ0v) is 46.6. The Balaban J connectivity index is 2.57. The van der Waals surface area contributed by atoms with Crippen molar-refractivity contribution >= 4 is 71.6 Å². The fourth-order valence-electron chi connectivity index (χ4n) is 7.25. The van der Waals surface area contributed by atoms with E-state index in [-0.39, 0.29) is 27.6 Å². The number of hydrogen-bond donors (Lipinski definition) is 1. The van der Waals surface area contributed by atoms with Crippen LogP contribution in [0, 0.1) is 5.21 Å². The second-order valence-electron chi connectivity index (χ2n) is 18.8. The molecule has 0 aromatic heterocycles. The van der Waals surface area contributed by atoms with Crippen LogP contribution in [0.3, 0.4) is 0 Å². The summed E-state index contributed by atoms with van der Waals surface area (Å²) in [6.07, 6.45) is -27.9. The van der Waals surface area contributed by atoms with Gasteiger partial charge in [0.05, 0.1) is 5.75 Å². The topological polar surface area (TPSA) is 284 Å². The number of carbonyl (C=O) groups excluding carboxylic acids is 9. The van der Waals surface area contributed by atoms with Crippen LogP contribution in [0.4, 0.5) is 57.1 Å². The van der Waals surface area contributed by atoms with Crippen molar-refractivity contribution in [2.45, 2.75) is 179 Å². The largest absolute Gasteiger partial charge is 0.623 e. The average molecular weight is 1260 g/mol. The Labute approximate surface area is 472 Å². The minimum atomic E-state index is -8.05. The number of thioether (sulfide) groups is 1. The van der Waals surface area contributed by atoms with E-state index in [1.165, 1.54) is 24.3 Å². The van der Waals surface area contributed by atoms with Gasteiger partial charge in [-0.15, -0.1) is 0 Å². The van der Waals surface area contributed by atoms with Crippen LogP contribution >= 0.6 is 11.8 Å². The second-order valence-corrected chi connectivity index (χ2v) is 19.9. The molecule has 1 N–H and O–H groups in total. The number of hydroxylamine groups is 1. The molecule has 1 aliphatic heterocycles. The maximum absolute atomic E-state index is 14.4. The third-order valence-electron chi connectivity index (χ3n) is 11.2. The van der Waals surface area contributed by atoms with Crippen molar-refractivity contribution < 1.29 is 152 Å². The fourth-order valence-corrected chi connectivity index (χ4v) is 8.42. The summed E-state index contributed by atoms with van der Waals surface area (Å²) < 4.78 is 231. The van der Waals surface area contributed by atoms with Crippen molar-refractivity contribution in [1.29, 1.82) is 0 Å². The number of halogens is 13. The number of nitrogens with zero attached hydrogens (tertiary/aromatic N) is 1. The molecule has 1 amide bonds. The number of rotatable bonds is 29. The Bertz CT molecular complexity index is 2560. The lowest BCUT2D eigenvalue weighted by molar-refractivity contribution is -0.528. The van der Waals surface area contributed by atoms with Crippen molar-refractivity contribution in [2.75, 3.05) is 24.7 Å². The van der Waals surface area contributed by atoms with Gasteiger partial charge in [-0.1, -0.05) is 12.1 Å². The number of esters is 8. The molecule has 1 aromatic rings. The van der Waals surface area contributed by atoms with Crippen LogP contribution in [0.25, 0.3) is 0 Å². The van der Waals surface area contributed by atoms with Crippen LogP contribution in [-0.2, 0) is 97.1 Å². The van der Waals surface area contributed by atoms with Gasteiger partial charge in [0.2, 0.25) is 6.10 Å². The molecule has 476 valence electrons. The molecule has 1 aliphatic rings. The van der Waals surface area contributed by atoms with Gasteiger partial charge in [-0.2, -0.15) is 68.8 Å². The van der Waals surface area contributed by atoms with Gasteiger partial charge in [-0.3, -0.25) is 43.2 Å². The highest BCUT2D eigenvalue weighted by Gasteiger charge is 2.90. The molecule has 0 saturated carbocycles. The SMILES string of the molecule is CC(=O)OC[C@H]1O[C@@H](O[C@@H]([C@H](OC(C)=O)[C@@H](OC(C)=O)C(=O)NCc2ccc(/C=[N+](\[O-])C(C)(C)CSCCC(F)(F)C(F)(F)C(F)(F)C(F)(F)C(F)(F)C(F)(F)F)cc2)[C@@H](COC(C)=O)OC(C)=O)[C@H](OC(C)=O)[C@@H](OC(C)=O)[C@H]1OC(C)=O. The van der Waals surface area contributed by atoms with Crippen LogP contribution in [0.5, 0.6) is 0 Å². The van der Waals surface area contributed by atoms with Crippen LogP contribution in [0.2, 0.25) is 0 Å². The van der Waals surface area contributed by atoms with E-state index in [1.54, 1.807) is 0 Å². The van der Waals surface area contributed by atoms with E-state index < -0.39 is 188 Å². The van der Waals surface area contributed by atoms with Gasteiger partial charge in [0.15, 0.2) is 48.6 Å². The highest BCUT2D eigenvalue weighted by atomic mass is 32.2. The summed E-state index contributed by atoms with van der Waals surface area (Å²) in [6.45, 7) is 6.87. The molecule has 1 heterocycles. The number of benzene rings is 1. The lowest BCUT2D eigenvalue weighted by Crippen LogP contribution is -2.70. The summed E-state index contributed by atoms with van der Waals surface area (Å²) in [5.74, 6) is -49.9. The van der Waals surface area contributed by atoms with Crippen molar-refractivity contribution in [3.05, 3.63) is 40.6 Å². The average Bonchev–Trinajstić information content (AvgIpc) is 0.789. The van der Waals surface area contributed by atoms with E-state index in [0.717, 1.165) is 75.5 Å². The van der Waals surface area contributed by atoms with E-state index in [9.17, 15) is 105 Å². The number of ether oxygens (including phenoxy) is 10. The van der Waals surface area contributed by atoms with Gasteiger partial charge in [0, 0.05) is 87.8 Å². The third kappa shape index (κ3) is 19.4. The molecule has 0 radical (unpaired) electrons. The number of nitrogens with one attached hydrogen (secondary N) is 1. The van der Waals surface area contributed by atoms with E-state index >= 15 is 0 Å². The monoisotopic (exact) mass is 1260 g/mol. The molecule has 36 heteroatoms. The van der Waals surface area contributed by atoms with E-state index in [1.807, 2.05) is 0 Å². The lowest BCUT2D eigenvalue weighted by Gasteiger charge is -2.46. The molecule has 22 nitrogen and oxygen atoms in total. The molecule has 9 atom stereocenters. The highest BCUT2D eigenvalue weighted by Crippen LogP contribution is 2.60. The standard InChI is InChI=1S/C48H57F13N2O20S/c1-22(64)74-19-32(76-24(3)66)35(83-41-39(81-29(8)71)37(79-27(6)69)34(77-25(4)67)33(82-41)20-75-23(2)65)36(78-26(5)68)38(80-28(7)70)40(72)62-17-30-11-13-31(14-12-30)18-63(73)42(9,10)21-84-16-15-43(49,50)44(51,52)45(53,54)46(55,56)47(57,58)48(59,60)61/h11-14,18,32-39,41H,15-17,19-21H2,1-10H3,(H,62,72)/b63-18-/t32-,33-,34+,35-,36+,37+,38-,39-,41+/m1/s1. The molecule has 0 aliphatic carbocycles. The first kappa shape index (κ1) is 73.4. The number of hydrogen-bond acceptors (Lipinski definition) is 21. The summed E-state index contributed by atoms with van der Waals surface area (Å²) in [7, 11) is 0. The van der Waals surface area contributed by atoms with Crippen molar-refractivity contribution in [1.82, 2.24) is 5.32 Å². The zero-order valence-electron chi connectivity index (χ0n) is 45.8. The Hall–Kier alpha value is -6.72. The van der Waals surface area contributed by atoms with E-state index in [4.69, 9.17) is 47.4 Å². The minimum Gasteiger partial charge on any atom is -0.623 e. The van der Waals surface area contributed by atoms with Crippen molar-refractivity contribution in [2.24, 2.45) is 0 Å². The molecule has 1 aromatic carbocycles. The molecule has 84 heavy (non-hydrogen) atoms. The second kappa shape index (κ2) is 29.4. The van der Waals surface area contributed by atoms with Crippen molar-refractivity contribution in [3.8, 4) is 0 Å². The lowest BCUT2D eigenvalue weighted by atomic mass is 9.93. The van der Waals surface area contributed by atoms with Gasteiger partial charge in [-0.25, -0.2) is 4.74 Å². The smallest absolute Gasteiger partial charge is 0.460 e. The maximum atomic E-state index is 14.4. The van der Waals surface area contributed by atoms with Gasteiger partial charge >= 0.3 is 83.5 Å². The Kier molecular flexibility index (Phi) is 25.7. The molecule has 0 spiro atoms. The van der Waals surface area contributed by atoms with Crippen LogP contribution in [0.1, 0.15) is 86.8 Å². The Morgan fingerprint density at radius 1 is 0.619 bits per heavy atom. The van der Waals surface area contributed by atoms with E-state index in [0.29, 0.717) is 0 Å². The van der Waals surface area contributed by atoms with Gasteiger partial charge < -0.3 is 57.9 Å². The third-order valence-corrected chi connectivity index (χ3v) is 12.6. The van der Waals surface area contributed by atoms with Gasteiger partial charge in [-0.05, 0) is 23.4 Å². The molecule has 0 bridgehead atoms. The highest BCUT2D eigenvalue weighted by molar-refractivity contribution is 7.99. The summed E-state index contributed by atoms with van der Waals surface area (Å²) in [4.78, 5) is 114. The predicted octanol–water partition coefficient (Wildman–Crippen LogP) is 5.70. The Morgan fingerprint density at radius 3 is 1.58 bits per heavy atom. The normalized spacial score (nSPS) is 19.7. The predicted molar refractivity (Wildman–Crippen MR) is 254 cm³/mol. The van der Waals surface area contributed by atoms with E-state index in [2.05, 4.69) is 5.32 Å². The molecule has 2 rings (SSSR count). The number of amides is 1. The molecular weight excluding hydrogens is 1200 g/mol. The zero-order chi connectivity index (χ0) is 64.9. The molecule has 1 fully saturated rings. The van der Waals surface area contributed by atoms with Crippen LogP contribution in [0.15, 0.2) is 24.3 Å². The number of alkyl halides is 13. The first-order valence-corrected chi connectivity index (χ1v) is 25.2. The molecule has 0 unspecified atom stereocenters. The minimum absolute atomic E-state index is 0.0438. The summed E-state index contributed by atoms with van der Waals surface area (Å²) in [5.41, 5.74) is -1.51. The van der Waals surface area contributed by atoms with Gasteiger partial charge in [0.1, 0.15) is 25.4 Å². The number of carbonyl (C=O) groups is 9. The first-order valence-electron chi connectivity index (χ1n) is 24.1. The fraction of sp³-hybridized carbons (Fsp3) is 0.667. The summed E-state index contributed by atoms with van der Waals surface area (Å²) >= 11 is 0.164. The molecular formula is C48H57F13N2O20S. The van der Waals surface area contributed by atoms with Crippen LogP contribution in [-0.4, -0.2) is 186 Å². The Morgan fingerprint density at radius 2 is 1.11 bits per heavy atom.